The highest BCUT2D eigenvalue weighted by Crippen LogP contribution is 2.21. The van der Waals surface area contributed by atoms with Gasteiger partial charge >= 0.3 is 0 Å². The molecular weight excluding hydrogens is 266 g/mol. The van der Waals surface area contributed by atoms with Crippen molar-refractivity contribution < 1.29 is 4.74 Å². The summed E-state index contributed by atoms with van der Waals surface area (Å²) in [5.74, 6) is 1.42. The number of tetrazole rings is 1. The molecule has 0 atom stereocenters. The average Bonchev–Trinajstić information content (AvgIpc) is 3.05. The number of methoxy groups -OCH3 is 1. The van der Waals surface area contributed by atoms with Crippen molar-refractivity contribution in [1.82, 2.24) is 29.6 Å². The van der Waals surface area contributed by atoms with E-state index in [-0.39, 0.29) is 0 Å². The second-order valence-electron chi connectivity index (χ2n) is 3.92. The van der Waals surface area contributed by atoms with E-state index in [0.717, 1.165) is 11.4 Å². The van der Waals surface area contributed by atoms with Crippen molar-refractivity contribution in [3.8, 4) is 5.88 Å². The molecule has 0 aromatic carbocycles. The molecule has 0 aliphatic rings. The van der Waals surface area contributed by atoms with Crippen LogP contribution in [0.3, 0.4) is 0 Å². The van der Waals surface area contributed by atoms with Gasteiger partial charge in [0.05, 0.1) is 13.7 Å². The molecule has 3 heterocycles. The fourth-order valence-corrected chi connectivity index (χ4v) is 2.34. The molecule has 0 aliphatic carbocycles. The number of aromatic nitrogens is 6. The zero-order chi connectivity index (χ0) is 13.2. The molecule has 0 radical (unpaired) electrons. The Morgan fingerprint density at radius 2 is 2.32 bits per heavy atom. The zero-order valence-electron chi connectivity index (χ0n) is 10.4. The molecule has 0 fully saturated rings. The fraction of sp³-hybridized carbons (Fsp3) is 0.300. The lowest BCUT2D eigenvalue weighted by molar-refractivity contribution is 0.397. The summed E-state index contributed by atoms with van der Waals surface area (Å²) >= 11 is 1.37. The van der Waals surface area contributed by atoms with Crippen molar-refractivity contribution in [2.45, 2.75) is 6.54 Å². The largest absolute Gasteiger partial charge is 0.480 e. The van der Waals surface area contributed by atoms with Crippen LogP contribution in [0.2, 0.25) is 0 Å². The summed E-state index contributed by atoms with van der Waals surface area (Å²) in [6.07, 6.45) is 0. The molecule has 0 bridgehead atoms. The Morgan fingerprint density at radius 3 is 3.16 bits per heavy atom. The molecule has 98 valence electrons. The number of hydrogen-bond donors (Lipinski definition) is 0. The van der Waals surface area contributed by atoms with Crippen LogP contribution in [0, 0.1) is 0 Å². The molecule has 3 aromatic heterocycles. The Morgan fingerprint density at radius 1 is 1.42 bits per heavy atom. The molecule has 0 spiro atoms. The Hall–Kier alpha value is -2.29. The predicted molar refractivity (Wildman–Crippen MR) is 69.4 cm³/mol. The lowest BCUT2D eigenvalue weighted by Gasteiger charge is -2.17. The maximum atomic E-state index is 5.19. The first-order chi connectivity index (χ1) is 9.28. The van der Waals surface area contributed by atoms with E-state index in [1.54, 1.807) is 7.11 Å². The van der Waals surface area contributed by atoms with E-state index in [1.807, 2.05) is 29.5 Å². The molecule has 0 saturated carbocycles. The van der Waals surface area contributed by atoms with E-state index in [4.69, 9.17) is 4.74 Å². The zero-order valence-corrected chi connectivity index (χ0v) is 11.2. The Kier molecular flexibility index (Phi) is 2.95. The summed E-state index contributed by atoms with van der Waals surface area (Å²) < 4.78 is 10.8. The highest BCUT2D eigenvalue weighted by molar-refractivity contribution is 7.03. The Balaban J connectivity index is 1.84. The molecule has 0 N–H and O–H groups in total. The van der Waals surface area contributed by atoms with Gasteiger partial charge < -0.3 is 9.64 Å². The fourth-order valence-electron chi connectivity index (χ4n) is 1.70. The van der Waals surface area contributed by atoms with Crippen LogP contribution in [0.1, 0.15) is 5.56 Å². The Labute approximate surface area is 112 Å². The highest BCUT2D eigenvalue weighted by atomic mass is 32.1. The normalized spacial score (nSPS) is 10.8. The van der Waals surface area contributed by atoms with Crippen molar-refractivity contribution in [3.63, 3.8) is 0 Å². The predicted octanol–water partition coefficient (Wildman–Crippen LogP) is 0.621. The molecule has 9 heteroatoms. The molecule has 3 aromatic rings. The van der Waals surface area contributed by atoms with Crippen molar-refractivity contribution in [1.29, 1.82) is 0 Å². The minimum Gasteiger partial charge on any atom is -0.480 e. The summed E-state index contributed by atoms with van der Waals surface area (Å²) in [7, 11) is 3.56. The van der Waals surface area contributed by atoms with E-state index in [0.29, 0.717) is 18.1 Å². The third kappa shape index (κ3) is 2.19. The van der Waals surface area contributed by atoms with Crippen LogP contribution < -0.4 is 9.64 Å². The van der Waals surface area contributed by atoms with E-state index in [9.17, 15) is 0 Å². The van der Waals surface area contributed by atoms with Gasteiger partial charge in [-0.3, -0.25) is 0 Å². The minimum atomic E-state index is 0.618. The van der Waals surface area contributed by atoms with Gasteiger partial charge in [0, 0.05) is 18.0 Å². The summed E-state index contributed by atoms with van der Waals surface area (Å²) in [5.41, 5.74) is 1.64. The molecule has 8 nitrogen and oxygen atoms in total. The standard InChI is InChI=1S/C10H11N7OS/c1-16(5-7-6-19-13-10(7)18-2)9-4-3-8-11-14-15-17(8)12-9/h3-4,6H,5H2,1-2H3. The first kappa shape index (κ1) is 11.8. The maximum absolute atomic E-state index is 5.19. The molecular formula is C10H11N7OS. The van der Waals surface area contributed by atoms with Crippen molar-refractivity contribution in [2.24, 2.45) is 0 Å². The number of anilines is 1. The SMILES string of the molecule is COc1nscc1CN(C)c1ccc2nnnn2n1. The summed E-state index contributed by atoms with van der Waals surface area (Å²) in [5, 5.41) is 17.4. The van der Waals surface area contributed by atoms with Crippen LogP contribution in [-0.4, -0.2) is 43.8 Å². The number of fused-ring (bicyclic) bond motifs is 1. The van der Waals surface area contributed by atoms with Gasteiger partial charge in [-0.05, 0) is 34.1 Å². The minimum absolute atomic E-state index is 0.618. The van der Waals surface area contributed by atoms with Crippen LogP contribution in [0.4, 0.5) is 5.82 Å². The smallest absolute Gasteiger partial charge is 0.229 e. The highest BCUT2D eigenvalue weighted by Gasteiger charge is 2.11. The van der Waals surface area contributed by atoms with E-state index in [2.05, 4.69) is 25.0 Å². The third-order valence-electron chi connectivity index (χ3n) is 2.65. The van der Waals surface area contributed by atoms with Crippen LogP contribution in [0.5, 0.6) is 5.88 Å². The second-order valence-corrected chi connectivity index (χ2v) is 4.55. The monoisotopic (exact) mass is 277 g/mol. The molecule has 0 saturated heterocycles. The first-order valence-electron chi connectivity index (χ1n) is 5.52. The van der Waals surface area contributed by atoms with E-state index < -0.39 is 0 Å². The van der Waals surface area contributed by atoms with Gasteiger partial charge in [0.2, 0.25) is 5.88 Å². The summed E-state index contributed by atoms with van der Waals surface area (Å²) in [4.78, 5) is 1.98. The number of ether oxygens (including phenoxy) is 1. The maximum Gasteiger partial charge on any atom is 0.229 e. The molecule has 3 rings (SSSR count). The van der Waals surface area contributed by atoms with E-state index in [1.165, 1.54) is 16.2 Å². The Bertz CT molecular complexity index is 694. The van der Waals surface area contributed by atoms with Crippen LogP contribution in [0.15, 0.2) is 17.5 Å². The lowest BCUT2D eigenvalue weighted by atomic mass is 10.3. The summed E-state index contributed by atoms with van der Waals surface area (Å²) in [6, 6.07) is 3.69. The van der Waals surface area contributed by atoms with Gasteiger partial charge in [0.15, 0.2) is 11.5 Å². The van der Waals surface area contributed by atoms with Crippen molar-refractivity contribution >= 4 is 23.0 Å². The third-order valence-corrected chi connectivity index (χ3v) is 3.31. The summed E-state index contributed by atoms with van der Waals surface area (Å²) in [6.45, 7) is 0.653. The van der Waals surface area contributed by atoms with Crippen LogP contribution >= 0.6 is 11.5 Å². The quantitative estimate of drug-likeness (QED) is 0.691. The first-order valence-corrected chi connectivity index (χ1v) is 6.35. The second kappa shape index (κ2) is 4.76. The van der Waals surface area contributed by atoms with Crippen molar-refractivity contribution in [2.75, 3.05) is 19.1 Å². The number of rotatable bonds is 4. The lowest BCUT2D eigenvalue weighted by Crippen LogP contribution is -2.19. The van der Waals surface area contributed by atoms with Crippen LogP contribution in [0.25, 0.3) is 5.65 Å². The number of nitrogens with zero attached hydrogens (tertiary/aromatic N) is 7. The van der Waals surface area contributed by atoms with Gasteiger partial charge in [0.25, 0.3) is 0 Å². The van der Waals surface area contributed by atoms with Gasteiger partial charge in [-0.15, -0.1) is 14.8 Å². The average molecular weight is 277 g/mol. The van der Waals surface area contributed by atoms with Gasteiger partial charge in [-0.1, -0.05) is 0 Å². The van der Waals surface area contributed by atoms with Gasteiger partial charge in [-0.2, -0.15) is 4.37 Å². The van der Waals surface area contributed by atoms with Gasteiger partial charge in [-0.25, -0.2) is 0 Å². The van der Waals surface area contributed by atoms with Gasteiger partial charge in [0.1, 0.15) is 0 Å². The van der Waals surface area contributed by atoms with Crippen molar-refractivity contribution in [3.05, 3.63) is 23.1 Å². The van der Waals surface area contributed by atoms with Crippen LogP contribution in [-0.2, 0) is 6.54 Å². The molecule has 0 unspecified atom stereocenters. The molecule has 0 amide bonds. The molecule has 19 heavy (non-hydrogen) atoms. The number of hydrogen-bond acceptors (Lipinski definition) is 8. The topological polar surface area (TPSA) is 81.3 Å². The van der Waals surface area contributed by atoms with E-state index >= 15 is 0 Å². The molecule has 0 aliphatic heterocycles.